The summed E-state index contributed by atoms with van der Waals surface area (Å²) >= 11 is 0. The zero-order valence-electron chi connectivity index (χ0n) is 10.3. The monoisotopic (exact) mass is 273 g/mol. The molecule has 0 N–H and O–H groups in total. The zero-order chi connectivity index (χ0) is 14.5. The standard InChI is InChI=1S/C15H9F2NO2/c16-13-5-12(6-14(17)7-13)15(19)20-9-11-3-1-10(8-18)2-4-11/h1-7H,9H2. The molecule has 0 amide bonds. The molecule has 3 nitrogen and oxygen atoms in total. The van der Waals surface area contributed by atoms with Gasteiger partial charge in [0.25, 0.3) is 0 Å². The van der Waals surface area contributed by atoms with Crippen molar-refractivity contribution < 1.29 is 18.3 Å². The van der Waals surface area contributed by atoms with E-state index < -0.39 is 17.6 Å². The van der Waals surface area contributed by atoms with Crippen LogP contribution >= 0.6 is 0 Å². The van der Waals surface area contributed by atoms with E-state index in [-0.39, 0.29) is 12.2 Å². The Kier molecular flexibility index (Phi) is 4.06. The van der Waals surface area contributed by atoms with E-state index in [1.165, 1.54) is 0 Å². The molecule has 0 heterocycles. The topological polar surface area (TPSA) is 50.1 Å². The van der Waals surface area contributed by atoms with Gasteiger partial charge in [-0.2, -0.15) is 5.26 Å². The smallest absolute Gasteiger partial charge is 0.338 e. The molecule has 0 radical (unpaired) electrons. The summed E-state index contributed by atoms with van der Waals surface area (Å²) in [4.78, 5) is 11.6. The molecule has 0 aliphatic heterocycles. The SMILES string of the molecule is N#Cc1ccc(COC(=O)c2cc(F)cc(F)c2)cc1. The molecule has 0 aromatic heterocycles. The number of esters is 1. The van der Waals surface area contributed by atoms with Crippen molar-refractivity contribution in [1.82, 2.24) is 0 Å². The van der Waals surface area contributed by atoms with Crippen LogP contribution in [0.1, 0.15) is 21.5 Å². The van der Waals surface area contributed by atoms with Gasteiger partial charge < -0.3 is 4.74 Å². The van der Waals surface area contributed by atoms with Gasteiger partial charge in [0.05, 0.1) is 17.2 Å². The first-order chi connectivity index (χ1) is 9.58. The third-order valence-electron chi connectivity index (χ3n) is 2.55. The Morgan fingerprint density at radius 2 is 1.70 bits per heavy atom. The summed E-state index contributed by atoms with van der Waals surface area (Å²) in [6.45, 7) is -0.0390. The molecule has 5 heteroatoms. The maximum atomic E-state index is 13.0. The van der Waals surface area contributed by atoms with E-state index in [4.69, 9.17) is 10.00 Å². The molecule has 0 fully saturated rings. The minimum absolute atomic E-state index is 0.0390. The third-order valence-corrected chi connectivity index (χ3v) is 2.55. The number of hydrogen-bond acceptors (Lipinski definition) is 3. The Bertz CT molecular complexity index is 655. The molecule has 0 aliphatic carbocycles. The van der Waals surface area contributed by atoms with Crippen LogP contribution in [0.5, 0.6) is 0 Å². The van der Waals surface area contributed by atoms with Crippen LogP contribution in [0.25, 0.3) is 0 Å². The quantitative estimate of drug-likeness (QED) is 0.807. The van der Waals surface area contributed by atoms with Crippen molar-refractivity contribution in [2.45, 2.75) is 6.61 Å². The van der Waals surface area contributed by atoms with Gasteiger partial charge in [-0.05, 0) is 29.8 Å². The Morgan fingerprint density at radius 1 is 1.10 bits per heavy atom. The molecular formula is C15H9F2NO2. The molecule has 0 saturated carbocycles. The highest BCUT2D eigenvalue weighted by molar-refractivity contribution is 5.89. The third kappa shape index (κ3) is 3.39. The summed E-state index contributed by atoms with van der Waals surface area (Å²) in [6, 6.07) is 10.9. The number of nitriles is 1. The van der Waals surface area contributed by atoms with E-state index in [9.17, 15) is 13.6 Å². The van der Waals surface area contributed by atoms with Crippen molar-refractivity contribution in [2.75, 3.05) is 0 Å². The number of ether oxygens (including phenoxy) is 1. The van der Waals surface area contributed by atoms with Gasteiger partial charge in [0.1, 0.15) is 18.2 Å². The van der Waals surface area contributed by atoms with Crippen molar-refractivity contribution in [3.63, 3.8) is 0 Å². The normalized spacial score (nSPS) is 9.85. The lowest BCUT2D eigenvalue weighted by Gasteiger charge is -2.05. The number of carbonyl (C=O) groups is 1. The summed E-state index contributed by atoms with van der Waals surface area (Å²) in [5.74, 6) is -2.49. The highest BCUT2D eigenvalue weighted by Gasteiger charge is 2.10. The first-order valence-electron chi connectivity index (χ1n) is 5.71. The zero-order valence-corrected chi connectivity index (χ0v) is 10.3. The highest BCUT2D eigenvalue weighted by Crippen LogP contribution is 2.11. The Morgan fingerprint density at radius 3 is 2.25 bits per heavy atom. The van der Waals surface area contributed by atoms with Gasteiger partial charge in [0.15, 0.2) is 0 Å². The number of rotatable bonds is 3. The van der Waals surface area contributed by atoms with Gasteiger partial charge in [-0.25, -0.2) is 13.6 Å². The van der Waals surface area contributed by atoms with E-state index in [2.05, 4.69) is 0 Å². The van der Waals surface area contributed by atoms with E-state index in [0.717, 1.165) is 12.1 Å². The van der Waals surface area contributed by atoms with E-state index in [1.54, 1.807) is 24.3 Å². The van der Waals surface area contributed by atoms with E-state index in [1.807, 2.05) is 6.07 Å². The van der Waals surface area contributed by atoms with Crippen molar-refractivity contribution in [3.8, 4) is 6.07 Å². The van der Waals surface area contributed by atoms with Crippen molar-refractivity contribution >= 4 is 5.97 Å². The van der Waals surface area contributed by atoms with Crippen LogP contribution in [0.2, 0.25) is 0 Å². The average molecular weight is 273 g/mol. The van der Waals surface area contributed by atoms with Crippen LogP contribution in [0.4, 0.5) is 8.78 Å². The van der Waals surface area contributed by atoms with E-state index >= 15 is 0 Å². The Labute approximate surface area is 114 Å². The van der Waals surface area contributed by atoms with Crippen molar-refractivity contribution in [3.05, 3.63) is 70.8 Å². The van der Waals surface area contributed by atoms with Gasteiger partial charge >= 0.3 is 5.97 Å². The maximum absolute atomic E-state index is 13.0. The molecule has 0 bridgehead atoms. The molecule has 20 heavy (non-hydrogen) atoms. The number of hydrogen-bond donors (Lipinski definition) is 0. The van der Waals surface area contributed by atoms with Gasteiger partial charge in [-0.3, -0.25) is 0 Å². The molecule has 0 saturated heterocycles. The summed E-state index contributed by atoms with van der Waals surface area (Å²) in [6.07, 6.45) is 0. The van der Waals surface area contributed by atoms with Crippen LogP contribution < -0.4 is 0 Å². The van der Waals surface area contributed by atoms with E-state index in [0.29, 0.717) is 17.2 Å². The summed E-state index contributed by atoms with van der Waals surface area (Å²) in [7, 11) is 0. The molecule has 0 aliphatic rings. The molecule has 100 valence electrons. The number of carbonyl (C=O) groups excluding carboxylic acids is 1. The molecular weight excluding hydrogens is 264 g/mol. The van der Waals surface area contributed by atoms with Crippen LogP contribution in [0.15, 0.2) is 42.5 Å². The van der Waals surface area contributed by atoms with Crippen LogP contribution in [-0.4, -0.2) is 5.97 Å². The molecule has 2 aromatic carbocycles. The van der Waals surface area contributed by atoms with Crippen LogP contribution in [-0.2, 0) is 11.3 Å². The second-order valence-electron chi connectivity index (χ2n) is 4.04. The van der Waals surface area contributed by atoms with Gasteiger partial charge in [0.2, 0.25) is 0 Å². The predicted octanol–water partition coefficient (Wildman–Crippen LogP) is 3.19. The summed E-state index contributed by atoms with van der Waals surface area (Å²) in [5, 5.41) is 8.64. The largest absolute Gasteiger partial charge is 0.457 e. The van der Waals surface area contributed by atoms with Crippen LogP contribution in [0.3, 0.4) is 0 Å². The minimum atomic E-state index is -0.838. The second-order valence-corrected chi connectivity index (χ2v) is 4.04. The Hall–Kier alpha value is -2.74. The fourth-order valence-corrected chi connectivity index (χ4v) is 1.58. The van der Waals surface area contributed by atoms with Crippen molar-refractivity contribution in [2.24, 2.45) is 0 Å². The van der Waals surface area contributed by atoms with Gasteiger partial charge in [0, 0.05) is 6.07 Å². The number of halogens is 2. The minimum Gasteiger partial charge on any atom is -0.457 e. The Balaban J connectivity index is 2.02. The second kappa shape index (κ2) is 5.93. The highest BCUT2D eigenvalue weighted by atomic mass is 19.1. The first-order valence-corrected chi connectivity index (χ1v) is 5.71. The summed E-state index contributed by atoms with van der Waals surface area (Å²) < 4.78 is 30.9. The molecule has 2 aromatic rings. The average Bonchev–Trinajstić information content (AvgIpc) is 2.44. The lowest BCUT2D eigenvalue weighted by atomic mass is 10.1. The maximum Gasteiger partial charge on any atom is 0.338 e. The predicted molar refractivity (Wildman–Crippen MR) is 66.6 cm³/mol. The fraction of sp³-hybridized carbons (Fsp3) is 0.0667. The van der Waals surface area contributed by atoms with Crippen LogP contribution in [0, 0.1) is 23.0 Å². The molecule has 0 atom stereocenters. The number of benzene rings is 2. The molecule has 0 spiro atoms. The van der Waals surface area contributed by atoms with Gasteiger partial charge in [-0.15, -0.1) is 0 Å². The lowest BCUT2D eigenvalue weighted by molar-refractivity contribution is 0.0471. The molecule has 2 rings (SSSR count). The lowest BCUT2D eigenvalue weighted by Crippen LogP contribution is -2.06. The first kappa shape index (κ1) is 13.7. The number of nitrogens with zero attached hydrogens (tertiary/aromatic N) is 1. The van der Waals surface area contributed by atoms with Gasteiger partial charge in [-0.1, -0.05) is 12.1 Å². The summed E-state index contributed by atoms with van der Waals surface area (Å²) in [5.41, 5.74) is 0.984. The fourth-order valence-electron chi connectivity index (χ4n) is 1.58. The molecule has 0 unspecified atom stereocenters. The van der Waals surface area contributed by atoms with Crippen molar-refractivity contribution in [1.29, 1.82) is 5.26 Å².